The third-order valence-electron chi connectivity index (χ3n) is 2.99. The van der Waals surface area contributed by atoms with E-state index in [0.717, 1.165) is 0 Å². The lowest BCUT2D eigenvalue weighted by Gasteiger charge is -2.19. The fourth-order valence-corrected chi connectivity index (χ4v) is 2.20. The Morgan fingerprint density at radius 2 is 1.95 bits per heavy atom. The fourth-order valence-electron chi connectivity index (χ4n) is 2.02. The van der Waals surface area contributed by atoms with Crippen LogP contribution in [0.5, 0.6) is 17.2 Å². The minimum atomic E-state index is -0.267. The molecule has 0 aromatic heterocycles. The van der Waals surface area contributed by atoms with Crippen molar-refractivity contribution in [2.75, 3.05) is 25.1 Å². The number of carbonyl (C=O) groups excluding carboxylic acids is 1. The van der Waals surface area contributed by atoms with Crippen molar-refractivity contribution >= 4 is 23.2 Å². The Bertz CT molecular complexity index is 690. The van der Waals surface area contributed by atoms with Crippen molar-refractivity contribution in [1.82, 2.24) is 0 Å². The standard InChI is InChI=1S/C16H14ClNO4/c17-11-2-1-3-13(8-11)22-10-16(19)18-12-4-5-14-15(9-12)21-7-6-20-14/h1-5,8-9H,6-7,10H2,(H,18,19). The Labute approximate surface area is 132 Å². The number of nitrogens with one attached hydrogen (secondary N) is 1. The summed E-state index contributed by atoms with van der Waals surface area (Å²) in [5.41, 5.74) is 0.629. The van der Waals surface area contributed by atoms with E-state index in [0.29, 0.717) is 41.2 Å². The lowest BCUT2D eigenvalue weighted by atomic mass is 10.2. The third kappa shape index (κ3) is 3.62. The van der Waals surface area contributed by atoms with E-state index in [1.165, 1.54) is 0 Å². The molecule has 2 aromatic rings. The van der Waals surface area contributed by atoms with Gasteiger partial charge in [-0.2, -0.15) is 0 Å². The zero-order chi connectivity index (χ0) is 15.4. The number of fused-ring (bicyclic) bond motifs is 1. The maximum Gasteiger partial charge on any atom is 0.262 e. The van der Waals surface area contributed by atoms with Gasteiger partial charge >= 0.3 is 0 Å². The molecule has 1 heterocycles. The highest BCUT2D eigenvalue weighted by Gasteiger charge is 2.13. The first-order valence-corrected chi connectivity index (χ1v) is 7.16. The van der Waals surface area contributed by atoms with E-state index in [9.17, 15) is 4.79 Å². The molecule has 0 saturated heterocycles. The van der Waals surface area contributed by atoms with E-state index in [1.807, 2.05) is 0 Å². The third-order valence-corrected chi connectivity index (χ3v) is 3.23. The van der Waals surface area contributed by atoms with Crippen LogP contribution in [0.3, 0.4) is 0 Å². The van der Waals surface area contributed by atoms with Gasteiger partial charge in [0.15, 0.2) is 18.1 Å². The number of halogens is 1. The number of benzene rings is 2. The molecular formula is C16H14ClNO4. The topological polar surface area (TPSA) is 56.8 Å². The molecule has 0 atom stereocenters. The van der Waals surface area contributed by atoms with Crippen molar-refractivity contribution in [1.29, 1.82) is 0 Å². The predicted octanol–water partition coefficient (Wildman–Crippen LogP) is 3.13. The summed E-state index contributed by atoms with van der Waals surface area (Å²) in [5, 5.41) is 3.30. The Hall–Kier alpha value is -2.40. The van der Waals surface area contributed by atoms with Crippen LogP contribution in [-0.4, -0.2) is 25.7 Å². The summed E-state index contributed by atoms with van der Waals surface area (Å²) in [7, 11) is 0. The number of rotatable bonds is 4. The molecule has 3 rings (SSSR count). The summed E-state index contributed by atoms with van der Waals surface area (Å²) < 4.78 is 16.3. The van der Waals surface area contributed by atoms with Gasteiger partial charge in [0.05, 0.1) is 0 Å². The summed E-state index contributed by atoms with van der Waals surface area (Å²) >= 11 is 5.85. The molecule has 0 radical (unpaired) electrons. The normalized spacial score (nSPS) is 12.6. The van der Waals surface area contributed by atoms with Crippen molar-refractivity contribution in [3.63, 3.8) is 0 Å². The summed E-state index contributed by atoms with van der Waals surface area (Å²) in [6.45, 7) is 0.934. The van der Waals surface area contributed by atoms with Crippen molar-refractivity contribution in [3.8, 4) is 17.2 Å². The van der Waals surface area contributed by atoms with Gasteiger partial charge in [0.2, 0.25) is 0 Å². The van der Waals surface area contributed by atoms with E-state index in [2.05, 4.69) is 5.32 Å². The zero-order valence-corrected chi connectivity index (χ0v) is 12.4. The molecule has 1 N–H and O–H groups in total. The molecule has 5 nitrogen and oxygen atoms in total. The van der Waals surface area contributed by atoms with Gasteiger partial charge in [-0.15, -0.1) is 0 Å². The van der Waals surface area contributed by atoms with Crippen LogP contribution in [0.4, 0.5) is 5.69 Å². The molecule has 0 bridgehead atoms. The average Bonchev–Trinajstić information content (AvgIpc) is 2.53. The molecule has 1 amide bonds. The first kappa shape index (κ1) is 14.5. The number of hydrogen-bond donors (Lipinski definition) is 1. The minimum absolute atomic E-state index is 0.102. The number of anilines is 1. The number of carbonyl (C=O) groups is 1. The molecular weight excluding hydrogens is 306 g/mol. The molecule has 22 heavy (non-hydrogen) atoms. The van der Waals surface area contributed by atoms with Gasteiger partial charge in [0.1, 0.15) is 19.0 Å². The molecule has 0 unspecified atom stereocenters. The summed E-state index contributed by atoms with van der Waals surface area (Å²) in [4.78, 5) is 11.9. The van der Waals surface area contributed by atoms with Crippen LogP contribution in [0, 0.1) is 0 Å². The molecule has 0 saturated carbocycles. The van der Waals surface area contributed by atoms with Gasteiger partial charge in [-0.3, -0.25) is 4.79 Å². The highest BCUT2D eigenvalue weighted by molar-refractivity contribution is 6.30. The predicted molar refractivity (Wildman–Crippen MR) is 83.0 cm³/mol. The summed E-state index contributed by atoms with van der Waals surface area (Å²) in [6, 6.07) is 12.1. The summed E-state index contributed by atoms with van der Waals surface area (Å²) in [6.07, 6.45) is 0. The van der Waals surface area contributed by atoms with E-state index < -0.39 is 0 Å². The summed E-state index contributed by atoms with van der Waals surface area (Å²) in [5.74, 6) is 1.58. The van der Waals surface area contributed by atoms with Gasteiger partial charge in [-0.05, 0) is 30.3 Å². The molecule has 6 heteroatoms. The van der Waals surface area contributed by atoms with E-state index >= 15 is 0 Å². The van der Waals surface area contributed by atoms with Crippen molar-refractivity contribution in [2.24, 2.45) is 0 Å². The van der Waals surface area contributed by atoms with Crippen LogP contribution in [-0.2, 0) is 4.79 Å². The maximum atomic E-state index is 11.9. The van der Waals surface area contributed by atoms with Crippen LogP contribution in [0.2, 0.25) is 5.02 Å². The smallest absolute Gasteiger partial charge is 0.262 e. The Morgan fingerprint density at radius 1 is 1.14 bits per heavy atom. The Morgan fingerprint density at radius 3 is 2.77 bits per heavy atom. The monoisotopic (exact) mass is 319 g/mol. The minimum Gasteiger partial charge on any atom is -0.486 e. The zero-order valence-electron chi connectivity index (χ0n) is 11.7. The largest absolute Gasteiger partial charge is 0.486 e. The van der Waals surface area contributed by atoms with Crippen LogP contribution in [0.15, 0.2) is 42.5 Å². The first-order valence-electron chi connectivity index (χ1n) is 6.78. The lowest BCUT2D eigenvalue weighted by Crippen LogP contribution is -2.20. The second-order valence-electron chi connectivity index (χ2n) is 4.65. The SMILES string of the molecule is O=C(COc1cccc(Cl)c1)Nc1ccc2c(c1)OCCO2. The second kappa shape index (κ2) is 6.58. The van der Waals surface area contributed by atoms with Gasteiger partial charge in [-0.1, -0.05) is 17.7 Å². The van der Waals surface area contributed by atoms with Gasteiger partial charge < -0.3 is 19.5 Å². The highest BCUT2D eigenvalue weighted by atomic mass is 35.5. The molecule has 114 valence electrons. The number of amides is 1. The highest BCUT2D eigenvalue weighted by Crippen LogP contribution is 2.32. The van der Waals surface area contributed by atoms with Gasteiger partial charge in [0, 0.05) is 16.8 Å². The van der Waals surface area contributed by atoms with Gasteiger partial charge in [-0.25, -0.2) is 0 Å². The lowest BCUT2D eigenvalue weighted by molar-refractivity contribution is -0.118. The maximum absolute atomic E-state index is 11.9. The van der Waals surface area contributed by atoms with E-state index in [4.69, 9.17) is 25.8 Å². The first-order chi connectivity index (χ1) is 10.7. The van der Waals surface area contributed by atoms with Crippen LogP contribution in [0.1, 0.15) is 0 Å². The molecule has 1 aliphatic heterocycles. The van der Waals surface area contributed by atoms with Crippen LogP contribution < -0.4 is 19.5 Å². The molecule has 1 aliphatic rings. The van der Waals surface area contributed by atoms with Crippen LogP contribution >= 0.6 is 11.6 Å². The average molecular weight is 320 g/mol. The fraction of sp³-hybridized carbons (Fsp3) is 0.188. The molecule has 0 spiro atoms. The number of ether oxygens (including phenoxy) is 3. The Balaban J connectivity index is 1.57. The quantitative estimate of drug-likeness (QED) is 0.940. The van der Waals surface area contributed by atoms with Crippen molar-refractivity contribution in [3.05, 3.63) is 47.5 Å². The molecule has 0 fully saturated rings. The van der Waals surface area contributed by atoms with Crippen LogP contribution in [0.25, 0.3) is 0 Å². The van der Waals surface area contributed by atoms with E-state index in [1.54, 1.807) is 42.5 Å². The van der Waals surface area contributed by atoms with Gasteiger partial charge in [0.25, 0.3) is 5.91 Å². The van der Waals surface area contributed by atoms with E-state index in [-0.39, 0.29) is 12.5 Å². The van der Waals surface area contributed by atoms with Crippen molar-refractivity contribution in [2.45, 2.75) is 0 Å². The van der Waals surface area contributed by atoms with Crippen molar-refractivity contribution < 1.29 is 19.0 Å². The second-order valence-corrected chi connectivity index (χ2v) is 5.09. The molecule has 0 aliphatic carbocycles. The number of hydrogen-bond acceptors (Lipinski definition) is 4. The Kier molecular flexibility index (Phi) is 4.34. The molecule has 2 aromatic carbocycles.